The van der Waals surface area contributed by atoms with Gasteiger partial charge in [0.05, 0.1) is 25.0 Å². The van der Waals surface area contributed by atoms with Gasteiger partial charge in [0, 0.05) is 17.4 Å². The summed E-state index contributed by atoms with van der Waals surface area (Å²) in [4.78, 5) is 5.91. The lowest BCUT2D eigenvalue weighted by Crippen LogP contribution is -2.51. The summed E-state index contributed by atoms with van der Waals surface area (Å²) in [5, 5.41) is 4.69. The molecular formula is C37H53NO4. The molecule has 1 aromatic carbocycles. The number of methoxy groups -OCH3 is 1. The second-order valence-corrected chi connectivity index (χ2v) is 14.4. The van der Waals surface area contributed by atoms with Crippen molar-refractivity contribution in [2.75, 3.05) is 7.11 Å². The second-order valence-electron chi connectivity index (χ2n) is 14.4. The Hall–Kier alpha value is -2.11. The van der Waals surface area contributed by atoms with Crippen LogP contribution in [0.25, 0.3) is 0 Å². The molecule has 42 heavy (non-hydrogen) atoms. The predicted molar refractivity (Wildman–Crippen MR) is 168 cm³/mol. The van der Waals surface area contributed by atoms with Crippen molar-refractivity contribution in [2.24, 2.45) is 45.6 Å². The number of hydrogen-bond acceptors (Lipinski definition) is 5. The molecule has 10 atom stereocenters. The van der Waals surface area contributed by atoms with Crippen LogP contribution in [0.3, 0.4) is 0 Å². The molecule has 5 nitrogen and oxygen atoms in total. The zero-order valence-electron chi connectivity index (χ0n) is 26.8. The Kier molecular flexibility index (Phi) is 8.64. The fourth-order valence-electron chi connectivity index (χ4n) is 9.99. The first-order valence-electron chi connectivity index (χ1n) is 16.7. The van der Waals surface area contributed by atoms with Crippen molar-refractivity contribution in [3.8, 4) is 5.75 Å². The van der Waals surface area contributed by atoms with Crippen LogP contribution in [0, 0.1) is 40.4 Å². The van der Waals surface area contributed by atoms with E-state index in [1.165, 1.54) is 44.2 Å². The van der Waals surface area contributed by atoms with Crippen LogP contribution in [-0.4, -0.2) is 31.3 Å². The summed E-state index contributed by atoms with van der Waals surface area (Å²) in [6, 6.07) is 8.03. The van der Waals surface area contributed by atoms with Crippen LogP contribution in [0.5, 0.6) is 5.75 Å². The SMILES string of the molecule is CC[C@H]1OC(OC2CC[C@@]3(C)C(=CCC4C3CC[C@@]3(C)C4CC[C@@H]3/C(C)=N/OCc3ccccc3OC)C2)C=C[C@@H]1C. The molecule has 1 heterocycles. The van der Waals surface area contributed by atoms with Crippen LogP contribution >= 0.6 is 0 Å². The molecule has 5 heteroatoms. The summed E-state index contributed by atoms with van der Waals surface area (Å²) in [7, 11) is 1.71. The molecule has 1 aliphatic heterocycles. The standard InChI is InChI=1S/C37H53NO4/c1-7-33-24(2)12-17-35(42-33)41-28-18-20-36(4)27(22-28)13-14-29-31-16-15-30(37(31,5)21-19-32(29)36)25(3)38-40-23-26-10-8-9-11-34(26)39-6/h8-13,17,24,28-33,35H,7,14-16,18-23H2,1-6H3/b38-25+/t24-,28?,29?,30+,31?,32?,33+,35?,36-,37+/m0/s1. The van der Waals surface area contributed by atoms with Crippen molar-refractivity contribution in [1.82, 2.24) is 0 Å². The largest absolute Gasteiger partial charge is 0.496 e. The minimum atomic E-state index is -0.188. The third-order valence-electron chi connectivity index (χ3n) is 12.4. The van der Waals surface area contributed by atoms with Crippen molar-refractivity contribution in [3.63, 3.8) is 0 Å². The highest BCUT2D eigenvalue weighted by atomic mass is 16.7. The highest BCUT2D eigenvalue weighted by Gasteiger charge is 2.59. The van der Waals surface area contributed by atoms with Crippen molar-refractivity contribution >= 4 is 5.71 Å². The van der Waals surface area contributed by atoms with E-state index in [4.69, 9.17) is 19.0 Å². The summed E-state index contributed by atoms with van der Waals surface area (Å²) < 4.78 is 18.3. The molecule has 0 aromatic heterocycles. The number of allylic oxidation sites excluding steroid dienone is 1. The lowest BCUT2D eigenvalue weighted by atomic mass is 9.47. The van der Waals surface area contributed by atoms with Crippen molar-refractivity contribution in [1.29, 1.82) is 0 Å². The first kappa shape index (κ1) is 29.9. The topological polar surface area (TPSA) is 49.3 Å². The van der Waals surface area contributed by atoms with Crippen molar-refractivity contribution in [2.45, 2.75) is 118 Å². The number of para-hydroxylation sites is 1. The smallest absolute Gasteiger partial charge is 0.177 e. The molecule has 0 spiro atoms. The number of benzene rings is 1. The molecule has 5 aliphatic rings. The van der Waals surface area contributed by atoms with E-state index in [9.17, 15) is 0 Å². The molecule has 230 valence electrons. The van der Waals surface area contributed by atoms with Crippen LogP contribution in [0.1, 0.15) is 98.0 Å². The number of ether oxygens (including phenoxy) is 3. The molecule has 5 unspecified atom stereocenters. The van der Waals surface area contributed by atoms with Crippen molar-refractivity contribution < 1.29 is 19.0 Å². The number of rotatable bonds is 8. The van der Waals surface area contributed by atoms with E-state index in [-0.39, 0.29) is 18.5 Å². The molecule has 3 fully saturated rings. The molecule has 4 aliphatic carbocycles. The molecule has 0 saturated heterocycles. The van der Waals surface area contributed by atoms with Crippen LogP contribution in [0.2, 0.25) is 0 Å². The first-order valence-corrected chi connectivity index (χ1v) is 16.7. The molecule has 6 rings (SSSR count). The Morgan fingerprint density at radius 2 is 1.88 bits per heavy atom. The maximum Gasteiger partial charge on any atom is 0.177 e. The van der Waals surface area contributed by atoms with Gasteiger partial charge in [-0.25, -0.2) is 0 Å². The van der Waals surface area contributed by atoms with Crippen LogP contribution in [-0.2, 0) is 20.9 Å². The number of oxime groups is 1. The van der Waals surface area contributed by atoms with E-state index in [0.29, 0.717) is 29.3 Å². The second kappa shape index (κ2) is 12.1. The summed E-state index contributed by atoms with van der Waals surface area (Å²) in [5.41, 5.74) is 4.49. The van der Waals surface area contributed by atoms with E-state index in [0.717, 1.165) is 48.3 Å². The number of nitrogens with zero attached hydrogens (tertiary/aromatic N) is 1. The van der Waals surface area contributed by atoms with Gasteiger partial charge < -0.3 is 19.0 Å². The quantitative estimate of drug-likeness (QED) is 0.176. The summed E-state index contributed by atoms with van der Waals surface area (Å²) in [6.45, 7) is 12.2. The highest BCUT2D eigenvalue weighted by Crippen LogP contribution is 2.66. The Morgan fingerprint density at radius 3 is 2.69 bits per heavy atom. The molecule has 0 bridgehead atoms. The average Bonchev–Trinajstić information content (AvgIpc) is 3.36. The van der Waals surface area contributed by atoms with E-state index in [2.05, 4.69) is 58.0 Å². The Labute approximate surface area is 254 Å². The van der Waals surface area contributed by atoms with Gasteiger partial charge in [0.25, 0.3) is 0 Å². The van der Waals surface area contributed by atoms with Gasteiger partial charge in [0.15, 0.2) is 6.29 Å². The zero-order chi connectivity index (χ0) is 29.5. The predicted octanol–water partition coefficient (Wildman–Crippen LogP) is 8.88. The Morgan fingerprint density at radius 1 is 1.05 bits per heavy atom. The maximum atomic E-state index is 6.56. The first-order chi connectivity index (χ1) is 20.3. The Balaban J connectivity index is 1.10. The zero-order valence-corrected chi connectivity index (χ0v) is 26.8. The maximum absolute atomic E-state index is 6.56. The van der Waals surface area contributed by atoms with Crippen LogP contribution in [0.4, 0.5) is 0 Å². The van der Waals surface area contributed by atoms with Gasteiger partial charge in [-0.05, 0) is 105 Å². The third kappa shape index (κ3) is 5.38. The minimum absolute atomic E-state index is 0.188. The van der Waals surface area contributed by atoms with E-state index in [1.54, 1.807) is 12.7 Å². The molecule has 3 saturated carbocycles. The van der Waals surface area contributed by atoms with Crippen LogP contribution in [0.15, 0.2) is 53.2 Å². The minimum Gasteiger partial charge on any atom is -0.496 e. The number of fused-ring (bicyclic) bond motifs is 5. The van der Waals surface area contributed by atoms with Gasteiger partial charge in [-0.3, -0.25) is 0 Å². The summed E-state index contributed by atoms with van der Waals surface area (Å²) >= 11 is 0. The molecule has 0 amide bonds. The lowest BCUT2D eigenvalue weighted by Gasteiger charge is -2.58. The third-order valence-corrected chi connectivity index (χ3v) is 12.4. The molecule has 0 N–H and O–H groups in total. The van der Waals surface area contributed by atoms with E-state index >= 15 is 0 Å². The van der Waals surface area contributed by atoms with Gasteiger partial charge in [-0.15, -0.1) is 0 Å². The highest BCUT2D eigenvalue weighted by molar-refractivity contribution is 5.85. The summed E-state index contributed by atoms with van der Waals surface area (Å²) in [6.07, 6.45) is 18.3. The van der Waals surface area contributed by atoms with E-state index in [1.807, 2.05) is 24.3 Å². The monoisotopic (exact) mass is 575 g/mol. The lowest BCUT2D eigenvalue weighted by molar-refractivity contribution is -0.188. The molecule has 1 aromatic rings. The van der Waals surface area contributed by atoms with Gasteiger partial charge >= 0.3 is 0 Å². The fraction of sp³-hybridized carbons (Fsp3) is 0.703. The van der Waals surface area contributed by atoms with Crippen LogP contribution < -0.4 is 4.74 Å². The Bertz CT molecular complexity index is 1210. The van der Waals surface area contributed by atoms with E-state index < -0.39 is 0 Å². The van der Waals surface area contributed by atoms with Gasteiger partial charge in [0.1, 0.15) is 12.4 Å². The molecule has 0 radical (unpaired) electrons. The van der Waals surface area contributed by atoms with Gasteiger partial charge in [-0.1, -0.05) is 68.8 Å². The fourth-order valence-corrected chi connectivity index (χ4v) is 9.99. The van der Waals surface area contributed by atoms with Crippen molar-refractivity contribution in [3.05, 3.63) is 53.6 Å². The normalized spacial score (nSPS) is 41.4. The van der Waals surface area contributed by atoms with Gasteiger partial charge in [-0.2, -0.15) is 0 Å². The summed E-state index contributed by atoms with van der Waals surface area (Å²) in [5.74, 6) is 4.15. The van der Waals surface area contributed by atoms with Gasteiger partial charge in [0.2, 0.25) is 0 Å². The number of hydrogen-bond donors (Lipinski definition) is 0. The average molecular weight is 576 g/mol. The molecular weight excluding hydrogens is 522 g/mol.